The Morgan fingerprint density at radius 2 is 0.615 bits per heavy atom. The van der Waals surface area contributed by atoms with E-state index in [4.69, 9.17) is 0 Å². The van der Waals surface area contributed by atoms with Crippen molar-refractivity contribution in [3.8, 4) is 0 Å². The third-order valence-corrected chi connectivity index (χ3v) is 16.1. The molecule has 0 fully saturated rings. The van der Waals surface area contributed by atoms with Gasteiger partial charge in [-0.25, -0.2) is 0 Å². The first-order chi connectivity index (χ1) is 5.77. The van der Waals surface area contributed by atoms with Crippen LogP contribution in [0.3, 0.4) is 0 Å². The fraction of sp³-hybridized carbons (Fsp3) is 1.00. The predicted octanol–water partition coefficient (Wildman–Crippen LogP) is -0.599. The molecule has 0 rings (SSSR count). The Balaban J connectivity index is 5.06. The predicted molar refractivity (Wildman–Crippen MR) is 61.9 cm³/mol. The Bertz CT molecular complexity index is 119. The second-order valence-electron chi connectivity index (χ2n) is 4.18. The topological polar surface area (TPSA) is 13.0 Å². The monoisotopic (exact) mass is 298 g/mol. The first-order valence-electron chi connectivity index (χ1n) is 4.47. The summed E-state index contributed by atoms with van der Waals surface area (Å²) in [5.41, 5.74) is 0. The molecular weight excluding hydrogens is 274 g/mol. The van der Waals surface area contributed by atoms with Gasteiger partial charge in [-0.1, -0.05) is 0 Å². The quantitative estimate of drug-likeness (QED) is 0.643. The van der Waals surface area contributed by atoms with E-state index in [0.29, 0.717) is 0 Å². The fourth-order valence-electron chi connectivity index (χ4n) is 2.40. The molecule has 0 saturated heterocycles. The zero-order valence-corrected chi connectivity index (χ0v) is 13.1. The molecule has 0 aliphatic heterocycles. The zero-order valence-electron chi connectivity index (χ0n) is 10.3. The van der Waals surface area contributed by atoms with Crippen molar-refractivity contribution in [1.82, 2.24) is 12.2 Å². The Labute approximate surface area is 88.5 Å². The van der Waals surface area contributed by atoms with Gasteiger partial charge in [-0.2, -0.15) is 0 Å². The molecule has 0 N–H and O–H groups in total. The van der Waals surface area contributed by atoms with Crippen molar-refractivity contribution >= 4 is 19.9 Å². The van der Waals surface area contributed by atoms with Crippen LogP contribution in [0.5, 0.6) is 0 Å². The van der Waals surface area contributed by atoms with E-state index in [0.717, 1.165) is 0 Å². The van der Waals surface area contributed by atoms with Gasteiger partial charge in [0, 0.05) is 0 Å². The van der Waals surface area contributed by atoms with Crippen LogP contribution in [-0.2, 0) is 0 Å². The molecule has 82 valence electrons. The third kappa shape index (κ3) is 2.36. The molecule has 0 radical (unpaired) electrons. The second kappa shape index (κ2) is 4.94. The van der Waals surface area contributed by atoms with E-state index in [-0.39, 0.29) is 0 Å². The molecule has 0 spiro atoms. The summed E-state index contributed by atoms with van der Waals surface area (Å²) in [5.74, 6) is 0. The average molecular weight is 299 g/mol. The molecule has 0 aliphatic rings. The fourth-order valence-corrected chi connectivity index (χ4v) is 16.1. The normalized spacial score (nSPS) is 15.1. The van der Waals surface area contributed by atoms with E-state index in [1.54, 1.807) is 0 Å². The molecule has 0 bridgehead atoms. The average Bonchev–Trinajstić information content (AvgIpc) is 1.82. The molecule has 0 heterocycles. The maximum absolute atomic E-state index is 2.59. The van der Waals surface area contributed by atoms with Crippen LogP contribution in [0.1, 0.15) is 0 Å². The summed E-state index contributed by atoms with van der Waals surface area (Å²) in [4.78, 5) is 0. The van der Waals surface area contributed by atoms with Gasteiger partial charge in [0.2, 0.25) is 0 Å². The minimum absolute atomic E-state index is 2.18. The van der Waals surface area contributed by atoms with Crippen molar-refractivity contribution in [3.05, 3.63) is 0 Å². The number of hydrogen-bond donors (Lipinski definition) is 0. The maximum atomic E-state index is 2.40. The molecule has 13 heavy (non-hydrogen) atoms. The van der Waals surface area contributed by atoms with Gasteiger partial charge in [-0.05, 0) is 0 Å². The van der Waals surface area contributed by atoms with E-state index in [1.807, 2.05) is 0 Å². The van der Waals surface area contributed by atoms with Crippen molar-refractivity contribution in [1.29, 1.82) is 0 Å². The molecule has 0 saturated carbocycles. The van der Waals surface area contributed by atoms with Crippen LogP contribution in [-0.4, -0.2) is 88.5 Å². The Kier molecular flexibility index (Phi) is 5.19. The van der Waals surface area contributed by atoms with Gasteiger partial charge in [0.05, 0.1) is 0 Å². The molecule has 0 atom stereocenters. The molecule has 0 aromatic heterocycles. The van der Waals surface area contributed by atoms with Crippen molar-refractivity contribution < 1.29 is 0 Å². The Morgan fingerprint density at radius 1 is 0.462 bits per heavy atom. The van der Waals surface area contributed by atoms with Crippen molar-refractivity contribution in [2.24, 2.45) is 0 Å². The summed E-state index contributed by atoms with van der Waals surface area (Å²) in [6, 6.07) is 0. The van der Waals surface area contributed by atoms with E-state index < -0.39 is 19.9 Å². The van der Waals surface area contributed by atoms with Gasteiger partial charge in [-0.15, -0.1) is 0 Å². The van der Waals surface area contributed by atoms with Crippen LogP contribution < -0.4 is 0 Å². The first kappa shape index (κ1) is 13.7. The van der Waals surface area contributed by atoms with Gasteiger partial charge < -0.3 is 0 Å². The standard InChI is InChI=1S/4C2H6N.Sb.H/c4*1-3-2;;/h4*1-2H3;;/q4*-1;+4;. The minimum atomic E-state index is -2.59. The van der Waals surface area contributed by atoms with E-state index in [9.17, 15) is 0 Å². The molecule has 0 amide bonds. The van der Waals surface area contributed by atoms with Crippen LogP contribution in [0.25, 0.3) is 0 Å². The van der Waals surface area contributed by atoms with Gasteiger partial charge in [0.15, 0.2) is 0 Å². The van der Waals surface area contributed by atoms with Crippen molar-refractivity contribution in [2.75, 3.05) is 56.4 Å². The van der Waals surface area contributed by atoms with Gasteiger partial charge in [-0.3, -0.25) is 0 Å². The second-order valence-corrected chi connectivity index (χ2v) is 17.8. The van der Waals surface area contributed by atoms with Crippen LogP contribution in [0.15, 0.2) is 0 Å². The Hall–Kier alpha value is 0.658. The summed E-state index contributed by atoms with van der Waals surface area (Å²) in [6.45, 7) is 0. The van der Waals surface area contributed by atoms with E-state index in [1.165, 1.54) is 0 Å². The summed E-state index contributed by atoms with van der Waals surface area (Å²) in [7, 11) is 17.4. The first-order valence-corrected chi connectivity index (χ1v) is 9.58. The molecular formula is C8H25N4Sb. The molecule has 4 nitrogen and oxygen atoms in total. The van der Waals surface area contributed by atoms with Crippen LogP contribution >= 0.6 is 0 Å². The van der Waals surface area contributed by atoms with E-state index >= 15 is 0 Å². The summed E-state index contributed by atoms with van der Waals surface area (Å²) in [5, 5.41) is 0. The third-order valence-electron chi connectivity index (χ3n) is 2.40. The molecule has 5 heteroatoms. The van der Waals surface area contributed by atoms with Crippen LogP contribution in [0.4, 0.5) is 0 Å². The van der Waals surface area contributed by atoms with Crippen LogP contribution in [0.2, 0.25) is 0 Å². The molecule has 0 aromatic carbocycles. The van der Waals surface area contributed by atoms with Crippen LogP contribution in [0, 0.1) is 0 Å². The molecule has 0 aromatic rings. The summed E-state index contributed by atoms with van der Waals surface area (Å²) in [6.07, 6.45) is 0. The zero-order chi connectivity index (χ0) is 10.8. The molecule has 0 aliphatic carbocycles. The number of hydrogen-bond acceptors (Lipinski definition) is 4. The van der Waals surface area contributed by atoms with Gasteiger partial charge in [0.25, 0.3) is 0 Å². The van der Waals surface area contributed by atoms with Gasteiger partial charge >= 0.3 is 88.5 Å². The summed E-state index contributed by atoms with van der Waals surface area (Å²) < 4.78 is 9.59. The SMILES string of the molecule is C[N](C)[SbH]([N](C)C)([N](C)C)[N](C)C. The number of rotatable bonds is 4. The van der Waals surface area contributed by atoms with Gasteiger partial charge in [0.1, 0.15) is 0 Å². The van der Waals surface area contributed by atoms with Crippen molar-refractivity contribution in [3.63, 3.8) is 0 Å². The summed E-state index contributed by atoms with van der Waals surface area (Å²) >= 11 is -2.59. The van der Waals surface area contributed by atoms with Crippen molar-refractivity contribution in [2.45, 2.75) is 0 Å². The molecule has 0 unspecified atom stereocenters. The number of nitrogens with zero attached hydrogens (tertiary/aromatic N) is 4. The van der Waals surface area contributed by atoms with E-state index in [2.05, 4.69) is 68.6 Å². The Morgan fingerprint density at radius 3 is 0.615 bits per heavy atom.